The summed E-state index contributed by atoms with van der Waals surface area (Å²) in [4.78, 5) is 63.1. The van der Waals surface area contributed by atoms with E-state index in [-0.39, 0.29) is 26.1 Å². The Bertz CT molecular complexity index is 1850. The van der Waals surface area contributed by atoms with E-state index in [1.165, 1.54) is 0 Å². The second-order valence-electron chi connectivity index (χ2n) is 15.8. The van der Waals surface area contributed by atoms with E-state index in [2.05, 4.69) is 31.2 Å². The minimum atomic E-state index is -2.08. The summed E-state index contributed by atoms with van der Waals surface area (Å²) in [5, 5.41) is 24.0. The maximum Gasteiger partial charge on any atom is 0.408 e. The zero-order valence-corrected chi connectivity index (χ0v) is 33.0. The highest BCUT2D eigenvalue weighted by Crippen LogP contribution is 2.26. The lowest BCUT2D eigenvalue weighted by molar-refractivity contribution is -0.140. The molecule has 13 heteroatoms. The summed E-state index contributed by atoms with van der Waals surface area (Å²) in [5.74, 6) is -1.30. The fraction of sp³-hybridized carbons (Fsp3) is 0.395. The maximum atomic E-state index is 14.4. The average molecular weight is 767 g/mol. The Labute approximate surface area is 329 Å². The largest absolute Gasteiger partial charge is 0.443 e. The van der Waals surface area contributed by atoms with Gasteiger partial charge in [0, 0.05) is 18.8 Å². The van der Waals surface area contributed by atoms with Crippen LogP contribution in [0.25, 0.3) is 0 Å². The van der Waals surface area contributed by atoms with Crippen LogP contribution in [0.15, 0.2) is 109 Å². The van der Waals surface area contributed by atoms with Crippen LogP contribution < -0.4 is 21.3 Å². The minimum absolute atomic E-state index is 0.0265. The highest BCUT2D eigenvalue weighted by Gasteiger charge is 2.45. The van der Waals surface area contributed by atoms with Crippen molar-refractivity contribution in [3.8, 4) is 0 Å². The molecule has 0 radical (unpaired) electrons. The number of nitrogens with zero attached hydrogens (tertiary/aromatic N) is 2. The van der Waals surface area contributed by atoms with E-state index in [4.69, 9.17) is 9.47 Å². The number of carbonyl (C=O) groups excluding carboxylic acids is 4. The number of hydrogen-bond acceptors (Lipinski definition) is 9. The van der Waals surface area contributed by atoms with Crippen molar-refractivity contribution in [1.82, 2.24) is 31.2 Å². The highest BCUT2D eigenvalue weighted by atomic mass is 16.6. The third kappa shape index (κ3) is 13.5. The second-order valence-corrected chi connectivity index (χ2v) is 15.8. The van der Waals surface area contributed by atoms with Gasteiger partial charge in [-0.05, 0) is 59.1 Å². The highest BCUT2D eigenvalue weighted by molar-refractivity contribution is 5.88. The van der Waals surface area contributed by atoms with E-state index in [0.29, 0.717) is 17.8 Å². The Hall–Kier alpha value is -5.82. The Morgan fingerprint density at radius 3 is 1.50 bits per heavy atom. The number of alkyl carbamates (subject to hydrolysis) is 2. The van der Waals surface area contributed by atoms with Crippen molar-refractivity contribution >= 4 is 24.0 Å². The van der Waals surface area contributed by atoms with Crippen molar-refractivity contribution < 1.29 is 33.8 Å². The van der Waals surface area contributed by atoms with Gasteiger partial charge >= 0.3 is 12.2 Å². The molecule has 2 aromatic heterocycles. The lowest BCUT2D eigenvalue weighted by Crippen LogP contribution is -2.68. The predicted molar refractivity (Wildman–Crippen MR) is 212 cm³/mol. The molecule has 0 aliphatic carbocycles. The van der Waals surface area contributed by atoms with Gasteiger partial charge in [-0.1, -0.05) is 114 Å². The average Bonchev–Trinajstić information content (AvgIpc) is 3.17. The van der Waals surface area contributed by atoms with Crippen LogP contribution in [0.1, 0.15) is 70.5 Å². The van der Waals surface area contributed by atoms with Crippen LogP contribution >= 0.6 is 0 Å². The van der Waals surface area contributed by atoms with Crippen molar-refractivity contribution in [3.63, 3.8) is 0 Å². The van der Waals surface area contributed by atoms with Crippen molar-refractivity contribution in [2.75, 3.05) is 0 Å². The van der Waals surface area contributed by atoms with Gasteiger partial charge in [-0.25, -0.2) is 9.59 Å². The molecule has 4 rings (SSSR count). The van der Waals surface area contributed by atoms with E-state index in [0.717, 1.165) is 11.1 Å². The van der Waals surface area contributed by atoms with Gasteiger partial charge in [-0.15, -0.1) is 0 Å². The van der Waals surface area contributed by atoms with Crippen LogP contribution in [0.2, 0.25) is 0 Å². The zero-order chi connectivity index (χ0) is 40.8. The lowest BCUT2D eigenvalue weighted by atomic mass is 9.84. The molecule has 4 amide bonds. The third-order valence-electron chi connectivity index (χ3n) is 9.09. The molecule has 0 fully saturated rings. The topological polar surface area (TPSA) is 181 Å². The first-order valence-corrected chi connectivity index (χ1v) is 18.6. The summed E-state index contributed by atoms with van der Waals surface area (Å²) < 4.78 is 10.8. The van der Waals surface area contributed by atoms with Gasteiger partial charge in [0.2, 0.25) is 11.8 Å². The number of aromatic nitrogens is 2. The molecular weight excluding hydrogens is 713 g/mol. The van der Waals surface area contributed by atoms with Crippen LogP contribution in [0, 0.1) is 10.8 Å². The number of benzene rings is 2. The van der Waals surface area contributed by atoms with Gasteiger partial charge in [0.05, 0.1) is 17.4 Å². The van der Waals surface area contributed by atoms with Crippen molar-refractivity contribution in [1.29, 1.82) is 0 Å². The van der Waals surface area contributed by atoms with Crippen LogP contribution in [-0.4, -0.2) is 62.9 Å². The Balaban J connectivity index is 1.64. The van der Waals surface area contributed by atoms with Gasteiger partial charge in [-0.2, -0.15) is 0 Å². The maximum absolute atomic E-state index is 14.4. The standard InChI is InChI=1S/C43H54N6O7/c1-41(2,3)35(47-39(52)55-28-32-21-13-15-25-44-32)37(50)46-34(27-31-19-11-8-12-20-31)43(54,24-23-30-17-9-7-10-18-30)49-38(51)36(42(4,5)6)48-40(53)56-29-33-22-14-16-26-45-33/h7-22,25-26,34-36,54H,23-24,27-29H2,1-6H3,(H,46,50)(H,47,52)(H,48,53)(H,49,51)/t34-,35+,36+,43?/m0/s1. The van der Waals surface area contributed by atoms with Gasteiger partial charge < -0.3 is 35.8 Å². The summed E-state index contributed by atoms with van der Waals surface area (Å²) >= 11 is 0. The number of aryl methyl sites for hydroxylation is 1. The van der Waals surface area contributed by atoms with Gasteiger partial charge in [0.25, 0.3) is 0 Å². The Morgan fingerprint density at radius 1 is 0.607 bits per heavy atom. The molecule has 0 bridgehead atoms. The van der Waals surface area contributed by atoms with Crippen molar-refractivity contribution in [2.24, 2.45) is 10.8 Å². The molecule has 2 aromatic carbocycles. The molecule has 2 heterocycles. The molecule has 0 spiro atoms. The summed E-state index contributed by atoms with van der Waals surface area (Å²) in [6.45, 7) is 10.5. The van der Waals surface area contributed by atoms with Crippen molar-refractivity contribution in [2.45, 2.75) is 97.9 Å². The van der Waals surface area contributed by atoms with Gasteiger partial charge in [0.15, 0.2) is 5.72 Å². The van der Waals surface area contributed by atoms with Gasteiger partial charge in [-0.3, -0.25) is 19.6 Å². The molecule has 0 saturated heterocycles. The summed E-state index contributed by atoms with van der Waals surface area (Å²) in [6, 6.07) is 25.7. The molecule has 4 aromatic rings. The van der Waals surface area contributed by atoms with E-state index in [1.807, 2.05) is 60.7 Å². The fourth-order valence-corrected chi connectivity index (χ4v) is 5.95. The number of amides is 4. The summed E-state index contributed by atoms with van der Waals surface area (Å²) in [6.07, 6.45) is 1.88. The Kier molecular flexibility index (Phi) is 15.1. The van der Waals surface area contributed by atoms with Crippen LogP contribution in [0.3, 0.4) is 0 Å². The number of pyridine rings is 2. The summed E-state index contributed by atoms with van der Waals surface area (Å²) in [5.41, 5.74) is -1.02. The molecule has 298 valence electrons. The molecular formula is C43H54N6O7. The van der Waals surface area contributed by atoms with Crippen LogP contribution in [-0.2, 0) is 45.1 Å². The van der Waals surface area contributed by atoms with Crippen molar-refractivity contribution in [3.05, 3.63) is 132 Å². The molecule has 56 heavy (non-hydrogen) atoms. The molecule has 13 nitrogen and oxygen atoms in total. The molecule has 5 N–H and O–H groups in total. The number of aliphatic hydroxyl groups is 1. The lowest BCUT2D eigenvalue weighted by Gasteiger charge is -2.41. The number of hydrogen-bond donors (Lipinski definition) is 5. The molecule has 4 atom stereocenters. The monoisotopic (exact) mass is 766 g/mol. The smallest absolute Gasteiger partial charge is 0.408 e. The zero-order valence-electron chi connectivity index (χ0n) is 33.0. The minimum Gasteiger partial charge on any atom is -0.443 e. The number of nitrogens with one attached hydrogen (secondary N) is 4. The summed E-state index contributed by atoms with van der Waals surface area (Å²) in [7, 11) is 0. The van der Waals surface area contributed by atoms with E-state index >= 15 is 0 Å². The first-order valence-electron chi connectivity index (χ1n) is 18.6. The number of ether oxygens (including phenoxy) is 2. The Morgan fingerprint density at radius 2 is 1.05 bits per heavy atom. The fourth-order valence-electron chi connectivity index (χ4n) is 5.95. The van der Waals surface area contributed by atoms with Gasteiger partial charge in [0.1, 0.15) is 25.3 Å². The third-order valence-corrected chi connectivity index (χ3v) is 9.09. The molecule has 0 aliphatic rings. The molecule has 0 aliphatic heterocycles. The molecule has 1 unspecified atom stereocenters. The van der Waals surface area contributed by atoms with E-state index in [9.17, 15) is 24.3 Å². The van der Waals surface area contributed by atoms with E-state index in [1.54, 1.807) is 90.3 Å². The number of rotatable bonds is 16. The predicted octanol–water partition coefficient (Wildman–Crippen LogP) is 5.62. The van der Waals surface area contributed by atoms with Crippen LogP contribution in [0.5, 0.6) is 0 Å². The quantitative estimate of drug-likeness (QED) is 0.0905. The number of carbonyl (C=O) groups is 4. The van der Waals surface area contributed by atoms with E-state index < -0.39 is 58.7 Å². The first kappa shape index (κ1) is 42.9. The first-order chi connectivity index (χ1) is 26.5. The molecule has 0 saturated carbocycles. The van der Waals surface area contributed by atoms with Crippen LogP contribution in [0.4, 0.5) is 9.59 Å². The SMILES string of the molecule is CC(C)(C)[C@H](NC(=O)OCc1ccccn1)C(=O)N[C@@H](Cc1ccccc1)C(O)(CCc1ccccc1)NC(=O)[C@@H](NC(=O)OCc1ccccn1)C(C)(C)C. The normalized spacial score (nSPS) is 14.2. The second kappa shape index (κ2) is 19.7.